The molecule has 0 unspecified atom stereocenters. The van der Waals surface area contributed by atoms with E-state index in [1.807, 2.05) is 48.0 Å². The second-order valence-corrected chi connectivity index (χ2v) is 3.93. The van der Waals surface area contributed by atoms with Crippen molar-refractivity contribution in [2.24, 2.45) is 0 Å². The number of aromatic nitrogens is 3. The number of nitrogens with two attached hydrogens (primary N) is 1. The number of aryl methyl sites for hydroxylation is 1. The Bertz CT molecular complexity index is 685. The molecule has 0 aliphatic heterocycles. The smallest absolute Gasteiger partial charge is 0.140 e. The van der Waals surface area contributed by atoms with Gasteiger partial charge in [-0.15, -0.1) is 0 Å². The number of nitrogens with zero attached hydrogens (tertiary/aromatic N) is 3. The van der Waals surface area contributed by atoms with Crippen molar-refractivity contribution in [3.63, 3.8) is 0 Å². The minimum Gasteiger partial charge on any atom is -0.398 e. The van der Waals surface area contributed by atoms with E-state index in [4.69, 9.17) is 5.73 Å². The van der Waals surface area contributed by atoms with Crippen LogP contribution in [0.5, 0.6) is 0 Å². The van der Waals surface area contributed by atoms with Crippen LogP contribution in [0.15, 0.2) is 42.7 Å². The van der Waals surface area contributed by atoms with E-state index in [2.05, 4.69) is 9.97 Å². The van der Waals surface area contributed by atoms with Crippen molar-refractivity contribution in [3.05, 3.63) is 48.5 Å². The maximum absolute atomic E-state index is 5.93. The molecule has 0 amide bonds. The Labute approximate surface area is 98.7 Å². The van der Waals surface area contributed by atoms with E-state index in [-0.39, 0.29) is 0 Å². The first kappa shape index (κ1) is 9.84. The van der Waals surface area contributed by atoms with Gasteiger partial charge in [-0.05, 0) is 31.2 Å². The van der Waals surface area contributed by atoms with Crippen LogP contribution in [-0.4, -0.2) is 14.5 Å². The lowest BCUT2D eigenvalue weighted by Gasteiger charge is -2.05. The molecule has 1 aromatic carbocycles. The van der Waals surface area contributed by atoms with Crippen molar-refractivity contribution in [1.82, 2.24) is 14.5 Å². The van der Waals surface area contributed by atoms with Crippen molar-refractivity contribution in [2.75, 3.05) is 5.73 Å². The van der Waals surface area contributed by atoms with Crippen LogP contribution in [0.3, 0.4) is 0 Å². The fraction of sp³-hybridized carbons (Fsp3) is 0.0769. The van der Waals surface area contributed by atoms with E-state index >= 15 is 0 Å². The molecule has 4 heteroatoms. The molecular weight excluding hydrogens is 212 g/mol. The van der Waals surface area contributed by atoms with Crippen molar-refractivity contribution in [2.45, 2.75) is 6.92 Å². The molecule has 0 saturated carbocycles. The Balaban J connectivity index is 2.28. The molecule has 0 spiro atoms. The van der Waals surface area contributed by atoms with Crippen LogP contribution in [-0.2, 0) is 0 Å². The zero-order chi connectivity index (χ0) is 11.8. The predicted octanol–water partition coefficient (Wildman–Crippen LogP) is 2.31. The fourth-order valence-corrected chi connectivity index (χ4v) is 1.97. The zero-order valence-electron chi connectivity index (χ0n) is 9.46. The molecule has 3 rings (SSSR count). The molecule has 0 radical (unpaired) electrons. The molecule has 2 aromatic heterocycles. The average Bonchev–Trinajstić information content (AvgIpc) is 2.74. The summed E-state index contributed by atoms with van der Waals surface area (Å²) in [7, 11) is 0. The lowest BCUT2D eigenvalue weighted by atomic mass is 10.2. The normalized spacial score (nSPS) is 10.9. The number of fused-ring (bicyclic) bond motifs is 1. The third-order valence-electron chi connectivity index (χ3n) is 2.77. The first-order chi connectivity index (χ1) is 8.25. The first-order valence-corrected chi connectivity index (χ1v) is 5.41. The fourth-order valence-electron chi connectivity index (χ4n) is 1.97. The molecule has 0 fully saturated rings. The van der Waals surface area contributed by atoms with Gasteiger partial charge in [-0.25, -0.2) is 9.97 Å². The molecule has 3 aromatic rings. The van der Waals surface area contributed by atoms with Crippen LogP contribution >= 0.6 is 0 Å². The highest BCUT2D eigenvalue weighted by Crippen LogP contribution is 2.23. The van der Waals surface area contributed by atoms with Crippen molar-refractivity contribution in [1.29, 1.82) is 0 Å². The Morgan fingerprint density at radius 2 is 2.06 bits per heavy atom. The van der Waals surface area contributed by atoms with E-state index < -0.39 is 0 Å². The zero-order valence-corrected chi connectivity index (χ0v) is 9.46. The van der Waals surface area contributed by atoms with Gasteiger partial charge in [-0.2, -0.15) is 0 Å². The number of benzene rings is 1. The topological polar surface area (TPSA) is 56.7 Å². The largest absolute Gasteiger partial charge is 0.398 e. The van der Waals surface area contributed by atoms with Gasteiger partial charge >= 0.3 is 0 Å². The van der Waals surface area contributed by atoms with Gasteiger partial charge in [0.1, 0.15) is 11.6 Å². The number of nitrogen functional groups attached to an aromatic ring is 1. The van der Waals surface area contributed by atoms with Crippen molar-refractivity contribution < 1.29 is 0 Å². The Morgan fingerprint density at radius 1 is 1.18 bits per heavy atom. The van der Waals surface area contributed by atoms with Crippen LogP contribution < -0.4 is 5.73 Å². The lowest BCUT2D eigenvalue weighted by Crippen LogP contribution is -1.98. The van der Waals surface area contributed by atoms with Gasteiger partial charge < -0.3 is 10.3 Å². The molecule has 0 bridgehead atoms. The lowest BCUT2D eigenvalue weighted by molar-refractivity contribution is 0.964. The molecule has 0 atom stereocenters. The average molecular weight is 224 g/mol. The molecular formula is C13H12N4. The highest BCUT2D eigenvalue weighted by molar-refractivity contribution is 5.92. The van der Waals surface area contributed by atoms with Gasteiger partial charge in [0, 0.05) is 23.5 Å². The third-order valence-corrected chi connectivity index (χ3v) is 2.77. The van der Waals surface area contributed by atoms with Gasteiger partial charge in [0.15, 0.2) is 0 Å². The summed E-state index contributed by atoms with van der Waals surface area (Å²) in [4.78, 5) is 8.50. The minimum atomic E-state index is 0.758. The van der Waals surface area contributed by atoms with E-state index in [0.717, 1.165) is 28.2 Å². The van der Waals surface area contributed by atoms with Crippen LogP contribution in [0.4, 0.5) is 5.69 Å². The van der Waals surface area contributed by atoms with Gasteiger partial charge in [0.05, 0.1) is 5.52 Å². The van der Waals surface area contributed by atoms with E-state index in [9.17, 15) is 0 Å². The Kier molecular flexibility index (Phi) is 2.08. The highest BCUT2D eigenvalue weighted by atomic mass is 15.1. The van der Waals surface area contributed by atoms with Crippen LogP contribution in [0.2, 0.25) is 0 Å². The summed E-state index contributed by atoms with van der Waals surface area (Å²) in [6.45, 7) is 1.88. The second-order valence-electron chi connectivity index (χ2n) is 3.93. The monoisotopic (exact) mass is 224 g/mol. The number of hydrogen-bond acceptors (Lipinski definition) is 3. The van der Waals surface area contributed by atoms with Crippen molar-refractivity contribution >= 4 is 16.6 Å². The number of anilines is 1. The summed E-state index contributed by atoms with van der Waals surface area (Å²) in [5, 5.41) is 1.05. The van der Waals surface area contributed by atoms with E-state index in [0.29, 0.717) is 0 Å². The second kappa shape index (κ2) is 3.59. The van der Waals surface area contributed by atoms with Gasteiger partial charge in [-0.3, -0.25) is 0 Å². The predicted molar refractivity (Wildman–Crippen MR) is 68.0 cm³/mol. The van der Waals surface area contributed by atoms with Crippen LogP contribution in [0, 0.1) is 6.92 Å². The number of rotatable bonds is 1. The third kappa shape index (κ3) is 1.54. The summed E-state index contributed by atoms with van der Waals surface area (Å²) in [5.74, 6) is 1.62. The molecule has 2 heterocycles. The summed E-state index contributed by atoms with van der Waals surface area (Å²) >= 11 is 0. The Hall–Kier alpha value is -2.36. The highest BCUT2D eigenvalue weighted by Gasteiger charge is 2.06. The molecule has 84 valence electrons. The molecule has 0 aliphatic carbocycles. The molecule has 4 nitrogen and oxygen atoms in total. The minimum absolute atomic E-state index is 0.758. The van der Waals surface area contributed by atoms with E-state index in [1.54, 1.807) is 6.20 Å². The molecule has 17 heavy (non-hydrogen) atoms. The summed E-state index contributed by atoms with van der Waals surface area (Å²) in [5.41, 5.74) is 7.77. The maximum atomic E-state index is 5.93. The van der Waals surface area contributed by atoms with Crippen LogP contribution in [0.1, 0.15) is 5.82 Å². The standard InChI is InChI=1S/C13H12N4/c1-9-15-7-5-13(16-9)17-8-6-10-11(14)3-2-4-12(10)17/h2-8H,14H2,1H3. The molecule has 0 aliphatic rings. The van der Waals surface area contributed by atoms with E-state index in [1.165, 1.54) is 0 Å². The van der Waals surface area contributed by atoms with Gasteiger partial charge in [0.25, 0.3) is 0 Å². The SMILES string of the molecule is Cc1nccc(-n2ccc3c(N)cccc32)n1. The summed E-state index contributed by atoms with van der Waals surface area (Å²) in [6, 6.07) is 9.76. The molecule has 0 saturated heterocycles. The maximum Gasteiger partial charge on any atom is 0.140 e. The molecule has 2 N–H and O–H groups in total. The Morgan fingerprint density at radius 3 is 2.88 bits per heavy atom. The summed E-state index contributed by atoms with van der Waals surface area (Å²) < 4.78 is 2.01. The van der Waals surface area contributed by atoms with Gasteiger partial charge in [-0.1, -0.05) is 6.07 Å². The quantitative estimate of drug-likeness (QED) is 0.645. The van der Waals surface area contributed by atoms with Crippen LogP contribution in [0.25, 0.3) is 16.7 Å². The van der Waals surface area contributed by atoms with Gasteiger partial charge in [0.2, 0.25) is 0 Å². The summed E-state index contributed by atoms with van der Waals surface area (Å²) in [6.07, 6.45) is 3.73. The van der Waals surface area contributed by atoms with Crippen molar-refractivity contribution in [3.8, 4) is 5.82 Å². The first-order valence-electron chi connectivity index (χ1n) is 5.41. The number of hydrogen-bond donors (Lipinski definition) is 1.